The molecule has 0 spiro atoms. The van der Waals surface area contributed by atoms with Crippen LogP contribution < -0.4 is 5.32 Å². The molecule has 2 amide bonds. The molecule has 0 saturated heterocycles. The number of nitrogens with zero attached hydrogens (tertiary/aromatic N) is 2. The number of hydrogen-bond acceptors (Lipinski definition) is 4. The number of likely N-dealkylation sites (N-methyl/N-ethyl adjacent to an activating group) is 2. The molecule has 0 aromatic heterocycles. The van der Waals surface area contributed by atoms with Gasteiger partial charge in [-0.2, -0.15) is 4.31 Å². The summed E-state index contributed by atoms with van der Waals surface area (Å²) < 4.78 is 28.1. The van der Waals surface area contributed by atoms with E-state index in [1.54, 1.807) is 12.1 Å². The standard InChI is InChI=1S/C27H30BrN3O4S/c1-20-12-14-24(15-13-20)36(34,35)30(3)19-26(32)31(18-22-10-7-11-23(28)16-22)25(27(33)29-2)17-21-8-5-4-6-9-21/h4-16,25H,17-19H2,1-3H3,(H,29,33). The van der Waals surface area contributed by atoms with Crippen LogP contribution in [0.3, 0.4) is 0 Å². The number of carbonyl (C=O) groups excluding carboxylic acids is 2. The highest BCUT2D eigenvalue weighted by Crippen LogP contribution is 2.20. The number of nitrogens with one attached hydrogen (secondary N) is 1. The number of benzene rings is 3. The third-order valence-electron chi connectivity index (χ3n) is 5.85. The van der Waals surface area contributed by atoms with Crippen LogP contribution in [0.25, 0.3) is 0 Å². The van der Waals surface area contributed by atoms with Gasteiger partial charge < -0.3 is 10.2 Å². The lowest BCUT2D eigenvalue weighted by molar-refractivity contribution is -0.141. The Balaban J connectivity index is 1.94. The van der Waals surface area contributed by atoms with E-state index < -0.39 is 28.5 Å². The Morgan fingerprint density at radius 2 is 1.58 bits per heavy atom. The van der Waals surface area contributed by atoms with Gasteiger partial charge in [0, 0.05) is 31.5 Å². The van der Waals surface area contributed by atoms with E-state index in [1.807, 2.05) is 61.5 Å². The molecule has 0 fully saturated rings. The van der Waals surface area contributed by atoms with Crippen LogP contribution in [0.15, 0.2) is 88.2 Å². The predicted molar refractivity (Wildman–Crippen MR) is 144 cm³/mol. The Kier molecular flexibility index (Phi) is 9.42. The quantitative estimate of drug-likeness (QED) is 0.401. The summed E-state index contributed by atoms with van der Waals surface area (Å²) in [6.07, 6.45) is 0.286. The van der Waals surface area contributed by atoms with Crippen molar-refractivity contribution in [3.63, 3.8) is 0 Å². The predicted octanol–water partition coefficient (Wildman–Crippen LogP) is 3.76. The van der Waals surface area contributed by atoms with Crippen molar-refractivity contribution >= 4 is 37.8 Å². The van der Waals surface area contributed by atoms with Gasteiger partial charge in [0.05, 0.1) is 11.4 Å². The smallest absolute Gasteiger partial charge is 0.243 e. The van der Waals surface area contributed by atoms with Crippen molar-refractivity contribution in [1.82, 2.24) is 14.5 Å². The summed E-state index contributed by atoms with van der Waals surface area (Å²) in [6, 6.07) is 22.5. The third kappa shape index (κ3) is 7.02. The van der Waals surface area contributed by atoms with Crippen molar-refractivity contribution in [2.45, 2.75) is 30.8 Å². The number of carbonyl (C=O) groups is 2. The van der Waals surface area contributed by atoms with Gasteiger partial charge in [0.15, 0.2) is 0 Å². The molecule has 3 rings (SSSR count). The molecule has 3 aromatic carbocycles. The molecule has 0 aliphatic heterocycles. The van der Waals surface area contributed by atoms with E-state index in [-0.39, 0.29) is 23.8 Å². The van der Waals surface area contributed by atoms with Gasteiger partial charge in [-0.3, -0.25) is 9.59 Å². The molecule has 1 N–H and O–H groups in total. The molecule has 9 heteroatoms. The van der Waals surface area contributed by atoms with Gasteiger partial charge in [0.1, 0.15) is 6.04 Å². The van der Waals surface area contributed by atoms with Crippen LogP contribution in [0, 0.1) is 6.92 Å². The van der Waals surface area contributed by atoms with Gasteiger partial charge in [0.2, 0.25) is 21.8 Å². The lowest BCUT2D eigenvalue weighted by atomic mass is 10.0. The van der Waals surface area contributed by atoms with Crippen LogP contribution in [0.5, 0.6) is 0 Å². The van der Waals surface area contributed by atoms with Crippen LogP contribution >= 0.6 is 15.9 Å². The normalized spacial score (nSPS) is 12.2. The van der Waals surface area contributed by atoms with Crippen molar-refractivity contribution in [2.75, 3.05) is 20.6 Å². The maximum Gasteiger partial charge on any atom is 0.243 e. The minimum absolute atomic E-state index is 0.106. The lowest BCUT2D eigenvalue weighted by Crippen LogP contribution is -2.52. The molecule has 1 atom stereocenters. The topological polar surface area (TPSA) is 86.8 Å². The summed E-state index contributed by atoms with van der Waals surface area (Å²) in [7, 11) is -1.00. The van der Waals surface area contributed by atoms with Gasteiger partial charge in [0.25, 0.3) is 0 Å². The lowest BCUT2D eigenvalue weighted by Gasteiger charge is -2.32. The van der Waals surface area contributed by atoms with E-state index >= 15 is 0 Å². The fourth-order valence-corrected chi connectivity index (χ4v) is 5.38. The van der Waals surface area contributed by atoms with Crippen LogP contribution in [0.1, 0.15) is 16.7 Å². The highest BCUT2D eigenvalue weighted by molar-refractivity contribution is 9.10. The Morgan fingerprint density at radius 3 is 2.19 bits per heavy atom. The molecular weight excluding hydrogens is 542 g/mol. The first-order valence-corrected chi connectivity index (χ1v) is 13.7. The van der Waals surface area contributed by atoms with Crippen molar-refractivity contribution < 1.29 is 18.0 Å². The van der Waals surface area contributed by atoms with Gasteiger partial charge in [-0.25, -0.2) is 8.42 Å². The number of rotatable bonds is 10. The van der Waals surface area contributed by atoms with Crippen LogP contribution in [-0.2, 0) is 32.6 Å². The average molecular weight is 573 g/mol. The van der Waals surface area contributed by atoms with Crippen molar-refractivity contribution in [3.8, 4) is 0 Å². The summed E-state index contributed by atoms with van der Waals surface area (Å²) in [5, 5.41) is 2.66. The largest absolute Gasteiger partial charge is 0.357 e. The Bertz CT molecular complexity index is 1300. The van der Waals surface area contributed by atoms with E-state index in [0.29, 0.717) is 0 Å². The molecule has 0 saturated carbocycles. The molecule has 0 radical (unpaired) electrons. The molecule has 0 heterocycles. The fourth-order valence-electron chi connectivity index (χ4n) is 3.81. The zero-order chi connectivity index (χ0) is 26.3. The molecule has 3 aromatic rings. The van der Waals surface area contributed by atoms with Gasteiger partial charge in [-0.1, -0.05) is 76.1 Å². The second-order valence-corrected chi connectivity index (χ2v) is 11.5. The van der Waals surface area contributed by atoms with Crippen LogP contribution in [-0.4, -0.2) is 56.1 Å². The Labute approximate surface area is 221 Å². The molecule has 190 valence electrons. The highest BCUT2D eigenvalue weighted by atomic mass is 79.9. The molecule has 36 heavy (non-hydrogen) atoms. The zero-order valence-corrected chi connectivity index (χ0v) is 22.9. The van der Waals surface area contributed by atoms with Crippen LogP contribution in [0.2, 0.25) is 0 Å². The van der Waals surface area contributed by atoms with Crippen molar-refractivity contribution in [3.05, 3.63) is 100 Å². The first-order valence-electron chi connectivity index (χ1n) is 11.4. The van der Waals surface area contributed by atoms with E-state index in [2.05, 4.69) is 21.2 Å². The number of hydrogen-bond donors (Lipinski definition) is 1. The average Bonchev–Trinajstić information content (AvgIpc) is 2.86. The molecule has 0 aliphatic rings. The minimum atomic E-state index is -3.90. The maximum absolute atomic E-state index is 13.7. The summed E-state index contributed by atoms with van der Waals surface area (Å²) in [6.45, 7) is 1.60. The summed E-state index contributed by atoms with van der Waals surface area (Å²) in [5.41, 5.74) is 2.63. The van der Waals surface area contributed by atoms with Gasteiger partial charge in [-0.05, 0) is 42.3 Å². The highest BCUT2D eigenvalue weighted by Gasteiger charge is 2.32. The monoisotopic (exact) mass is 571 g/mol. The van der Waals surface area contributed by atoms with Gasteiger partial charge in [-0.15, -0.1) is 0 Å². The molecule has 7 nitrogen and oxygen atoms in total. The van der Waals surface area contributed by atoms with Crippen molar-refractivity contribution in [1.29, 1.82) is 0 Å². The van der Waals surface area contributed by atoms with E-state index in [4.69, 9.17) is 0 Å². The van der Waals surface area contributed by atoms with E-state index in [9.17, 15) is 18.0 Å². The van der Waals surface area contributed by atoms with Crippen molar-refractivity contribution in [2.24, 2.45) is 0 Å². The summed E-state index contributed by atoms with van der Waals surface area (Å²) >= 11 is 3.45. The first kappa shape index (κ1) is 27.6. The number of amides is 2. The number of halogens is 1. The minimum Gasteiger partial charge on any atom is -0.357 e. The van der Waals surface area contributed by atoms with E-state index in [1.165, 1.54) is 31.1 Å². The third-order valence-corrected chi connectivity index (χ3v) is 8.16. The van der Waals surface area contributed by atoms with E-state index in [0.717, 1.165) is 25.5 Å². The second kappa shape index (κ2) is 12.3. The molecule has 1 unspecified atom stereocenters. The van der Waals surface area contributed by atoms with Gasteiger partial charge >= 0.3 is 0 Å². The first-order chi connectivity index (χ1) is 17.1. The SMILES string of the molecule is CNC(=O)C(Cc1ccccc1)N(Cc1cccc(Br)c1)C(=O)CN(C)S(=O)(=O)c1ccc(C)cc1. The second-order valence-electron chi connectivity index (χ2n) is 8.55. The zero-order valence-electron chi connectivity index (χ0n) is 20.5. The fraction of sp³-hybridized carbons (Fsp3) is 0.259. The Morgan fingerprint density at radius 1 is 0.944 bits per heavy atom. The molecular formula is C27H30BrN3O4S. The maximum atomic E-state index is 13.7. The summed E-state index contributed by atoms with van der Waals surface area (Å²) in [5.74, 6) is -0.802. The summed E-state index contributed by atoms with van der Waals surface area (Å²) in [4.78, 5) is 28.2. The number of aryl methyl sites for hydroxylation is 1. The number of sulfonamides is 1. The Hall–Kier alpha value is -3.01. The molecule has 0 bridgehead atoms. The van der Waals surface area contributed by atoms with Crippen LogP contribution in [0.4, 0.5) is 0 Å². The molecule has 0 aliphatic carbocycles.